The van der Waals surface area contributed by atoms with Crippen LogP contribution in [0.2, 0.25) is 0 Å². The second-order valence-electron chi connectivity index (χ2n) is 8.17. The SMILES string of the molecule is CCCNC1CCC(CC)CC1CN(C)CC(C)(C)C. The van der Waals surface area contributed by atoms with Crippen LogP contribution in [0.4, 0.5) is 0 Å². The molecule has 0 spiro atoms. The molecule has 120 valence electrons. The van der Waals surface area contributed by atoms with E-state index in [0.29, 0.717) is 5.41 Å². The van der Waals surface area contributed by atoms with Crippen molar-refractivity contribution in [1.82, 2.24) is 10.2 Å². The van der Waals surface area contributed by atoms with Crippen LogP contribution < -0.4 is 5.32 Å². The Balaban J connectivity index is 2.54. The van der Waals surface area contributed by atoms with Gasteiger partial charge in [-0.25, -0.2) is 0 Å². The van der Waals surface area contributed by atoms with E-state index in [1.807, 2.05) is 0 Å². The second-order valence-corrected chi connectivity index (χ2v) is 8.17. The van der Waals surface area contributed by atoms with Gasteiger partial charge in [0.1, 0.15) is 0 Å². The van der Waals surface area contributed by atoms with E-state index >= 15 is 0 Å². The minimum atomic E-state index is 0.403. The van der Waals surface area contributed by atoms with Crippen LogP contribution in [-0.2, 0) is 0 Å². The van der Waals surface area contributed by atoms with Crippen LogP contribution in [-0.4, -0.2) is 37.6 Å². The van der Waals surface area contributed by atoms with Gasteiger partial charge < -0.3 is 10.2 Å². The van der Waals surface area contributed by atoms with Crippen LogP contribution in [0.3, 0.4) is 0 Å². The van der Waals surface area contributed by atoms with Crippen LogP contribution in [0.5, 0.6) is 0 Å². The molecular weight excluding hydrogens is 244 g/mol. The average Bonchev–Trinajstić information content (AvgIpc) is 2.34. The molecule has 1 saturated carbocycles. The van der Waals surface area contributed by atoms with Gasteiger partial charge >= 0.3 is 0 Å². The number of hydrogen-bond acceptors (Lipinski definition) is 2. The van der Waals surface area contributed by atoms with Gasteiger partial charge in [-0.2, -0.15) is 0 Å². The molecule has 1 aliphatic carbocycles. The smallest absolute Gasteiger partial charge is 0.0108 e. The lowest BCUT2D eigenvalue weighted by Gasteiger charge is -2.39. The van der Waals surface area contributed by atoms with Gasteiger partial charge in [0.15, 0.2) is 0 Å². The van der Waals surface area contributed by atoms with Crippen molar-refractivity contribution in [3.63, 3.8) is 0 Å². The van der Waals surface area contributed by atoms with Gasteiger partial charge in [0.05, 0.1) is 0 Å². The molecule has 0 radical (unpaired) electrons. The van der Waals surface area contributed by atoms with E-state index in [9.17, 15) is 0 Å². The van der Waals surface area contributed by atoms with Crippen LogP contribution in [0.25, 0.3) is 0 Å². The van der Waals surface area contributed by atoms with Crippen molar-refractivity contribution < 1.29 is 0 Å². The molecule has 1 aliphatic rings. The van der Waals surface area contributed by atoms with E-state index in [0.717, 1.165) is 17.9 Å². The predicted octanol–water partition coefficient (Wildman–Crippen LogP) is 4.16. The lowest BCUT2D eigenvalue weighted by Crippen LogP contribution is -2.46. The number of nitrogens with zero attached hydrogens (tertiary/aromatic N) is 1. The van der Waals surface area contributed by atoms with E-state index in [1.165, 1.54) is 51.7 Å². The van der Waals surface area contributed by atoms with Gasteiger partial charge in [0, 0.05) is 19.1 Å². The molecule has 3 unspecified atom stereocenters. The summed E-state index contributed by atoms with van der Waals surface area (Å²) in [5.41, 5.74) is 0.403. The molecule has 0 amide bonds. The van der Waals surface area contributed by atoms with Gasteiger partial charge in [-0.05, 0) is 56.5 Å². The highest BCUT2D eigenvalue weighted by Crippen LogP contribution is 2.32. The van der Waals surface area contributed by atoms with E-state index in [-0.39, 0.29) is 0 Å². The summed E-state index contributed by atoms with van der Waals surface area (Å²) in [6.45, 7) is 15.3. The zero-order valence-electron chi connectivity index (χ0n) is 14.8. The Bertz CT molecular complexity index is 257. The highest BCUT2D eigenvalue weighted by atomic mass is 15.1. The molecule has 3 atom stereocenters. The van der Waals surface area contributed by atoms with Crippen molar-refractivity contribution in [1.29, 1.82) is 0 Å². The Hall–Kier alpha value is -0.0800. The lowest BCUT2D eigenvalue weighted by molar-refractivity contribution is 0.131. The fraction of sp³-hybridized carbons (Fsp3) is 1.00. The van der Waals surface area contributed by atoms with Crippen molar-refractivity contribution >= 4 is 0 Å². The third-order valence-corrected chi connectivity index (χ3v) is 4.62. The summed E-state index contributed by atoms with van der Waals surface area (Å²) in [6.07, 6.45) is 6.84. The summed E-state index contributed by atoms with van der Waals surface area (Å²) in [6, 6.07) is 0.750. The van der Waals surface area contributed by atoms with Crippen molar-refractivity contribution in [3.05, 3.63) is 0 Å². The number of hydrogen-bond donors (Lipinski definition) is 1. The Morgan fingerprint density at radius 1 is 1.15 bits per heavy atom. The van der Waals surface area contributed by atoms with E-state index < -0.39 is 0 Å². The summed E-state index contributed by atoms with van der Waals surface area (Å²) in [4.78, 5) is 2.56. The maximum absolute atomic E-state index is 3.81. The maximum atomic E-state index is 3.81. The summed E-state index contributed by atoms with van der Waals surface area (Å²) in [5.74, 6) is 1.80. The van der Waals surface area contributed by atoms with Gasteiger partial charge in [0.25, 0.3) is 0 Å². The molecule has 2 heteroatoms. The lowest BCUT2D eigenvalue weighted by atomic mass is 9.76. The van der Waals surface area contributed by atoms with Crippen LogP contribution in [0, 0.1) is 17.3 Å². The molecule has 0 aromatic rings. The first-order chi connectivity index (χ1) is 9.35. The summed E-state index contributed by atoms with van der Waals surface area (Å²) >= 11 is 0. The molecule has 0 bridgehead atoms. The second kappa shape index (κ2) is 8.38. The molecule has 0 saturated heterocycles. The zero-order valence-corrected chi connectivity index (χ0v) is 14.8. The minimum Gasteiger partial charge on any atom is -0.314 e. The fourth-order valence-corrected chi connectivity index (χ4v) is 3.81. The molecule has 0 aliphatic heterocycles. The van der Waals surface area contributed by atoms with Crippen molar-refractivity contribution in [3.8, 4) is 0 Å². The molecule has 0 aromatic heterocycles. The van der Waals surface area contributed by atoms with E-state index in [2.05, 4.69) is 51.9 Å². The topological polar surface area (TPSA) is 15.3 Å². The molecule has 2 nitrogen and oxygen atoms in total. The van der Waals surface area contributed by atoms with Gasteiger partial charge in [-0.3, -0.25) is 0 Å². The maximum Gasteiger partial charge on any atom is 0.0108 e. The minimum absolute atomic E-state index is 0.403. The molecular formula is C18H38N2. The number of rotatable bonds is 7. The first kappa shape index (κ1) is 18.0. The third kappa shape index (κ3) is 6.58. The summed E-state index contributed by atoms with van der Waals surface area (Å²) in [5, 5.41) is 3.81. The van der Waals surface area contributed by atoms with Crippen LogP contribution in [0.15, 0.2) is 0 Å². The Morgan fingerprint density at radius 2 is 1.85 bits per heavy atom. The van der Waals surface area contributed by atoms with E-state index in [1.54, 1.807) is 0 Å². The molecule has 1 N–H and O–H groups in total. The van der Waals surface area contributed by atoms with E-state index in [4.69, 9.17) is 0 Å². The molecule has 1 fully saturated rings. The normalized spacial score (nSPS) is 28.1. The standard InChI is InChI=1S/C18H38N2/c1-7-11-19-17-10-9-15(8-2)12-16(17)13-20(6)14-18(3,4)5/h15-17,19H,7-14H2,1-6H3. The largest absolute Gasteiger partial charge is 0.314 e. The first-order valence-electron chi connectivity index (χ1n) is 8.77. The Labute approximate surface area is 127 Å². The van der Waals surface area contributed by atoms with Gasteiger partial charge in [0.2, 0.25) is 0 Å². The molecule has 0 aromatic carbocycles. The Morgan fingerprint density at radius 3 is 2.40 bits per heavy atom. The van der Waals surface area contributed by atoms with Gasteiger partial charge in [-0.15, -0.1) is 0 Å². The summed E-state index contributed by atoms with van der Waals surface area (Å²) < 4.78 is 0. The zero-order chi connectivity index (χ0) is 15.2. The molecule has 1 rings (SSSR count). The van der Waals surface area contributed by atoms with Crippen molar-refractivity contribution in [2.45, 2.75) is 72.8 Å². The molecule has 20 heavy (non-hydrogen) atoms. The monoisotopic (exact) mass is 282 g/mol. The number of nitrogens with one attached hydrogen (secondary N) is 1. The van der Waals surface area contributed by atoms with Crippen molar-refractivity contribution in [2.24, 2.45) is 17.3 Å². The quantitative estimate of drug-likeness (QED) is 0.754. The fourth-order valence-electron chi connectivity index (χ4n) is 3.81. The van der Waals surface area contributed by atoms with Crippen LogP contribution in [0.1, 0.15) is 66.7 Å². The van der Waals surface area contributed by atoms with Crippen LogP contribution >= 0.6 is 0 Å². The summed E-state index contributed by atoms with van der Waals surface area (Å²) in [7, 11) is 2.30. The average molecular weight is 283 g/mol. The first-order valence-corrected chi connectivity index (χ1v) is 8.77. The molecule has 0 heterocycles. The predicted molar refractivity (Wildman–Crippen MR) is 90.2 cm³/mol. The highest BCUT2D eigenvalue weighted by molar-refractivity contribution is 4.86. The third-order valence-electron chi connectivity index (χ3n) is 4.62. The highest BCUT2D eigenvalue weighted by Gasteiger charge is 2.30. The Kier molecular flexibility index (Phi) is 7.53. The van der Waals surface area contributed by atoms with Crippen molar-refractivity contribution in [2.75, 3.05) is 26.7 Å². The van der Waals surface area contributed by atoms with Gasteiger partial charge in [-0.1, -0.05) is 41.0 Å².